The van der Waals surface area contributed by atoms with Gasteiger partial charge in [0.25, 0.3) is 0 Å². The van der Waals surface area contributed by atoms with Gasteiger partial charge in [0.2, 0.25) is 0 Å². The van der Waals surface area contributed by atoms with Crippen LogP contribution in [0, 0.1) is 0 Å². The smallest absolute Gasteiger partial charge is 0.129 e. The van der Waals surface area contributed by atoms with Crippen LogP contribution in [0.1, 0.15) is 5.56 Å². The zero-order valence-electron chi connectivity index (χ0n) is 8.33. The van der Waals surface area contributed by atoms with Gasteiger partial charge in [-0.05, 0) is 30.5 Å². The normalized spacial score (nSPS) is 19.6. The molecule has 0 spiro atoms. The predicted octanol–water partition coefficient (Wildman–Crippen LogP) is 1.68. The van der Waals surface area contributed by atoms with E-state index in [2.05, 4.69) is 17.9 Å². The number of hydrogen-bond acceptors (Lipinski definition) is 5. The molecule has 0 aromatic heterocycles. The Morgan fingerprint density at radius 1 is 1.47 bits per heavy atom. The summed E-state index contributed by atoms with van der Waals surface area (Å²) >= 11 is 3.94. The third kappa shape index (κ3) is 2.64. The van der Waals surface area contributed by atoms with Gasteiger partial charge < -0.3 is 4.74 Å². The molecule has 1 aromatic carbocycles. The lowest BCUT2D eigenvalue weighted by molar-refractivity contribution is -0.0726. The van der Waals surface area contributed by atoms with Crippen molar-refractivity contribution in [2.24, 2.45) is 5.10 Å². The van der Waals surface area contributed by atoms with Crippen molar-refractivity contribution in [3.63, 3.8) is 0 Å². The van der Waals surface area contributed by atoms with Gasteiger partial charge in [0, 0.05) is 6.42 Å². The molecule has 1 heterocycles. The zero-order chi connectivity index (χ0) is 10.7. The number of nitrogens with zero attached hydrogens (tertiary/aromatic N) is 2. The number of hydrazone groups is 1. The molecule has 5 heteroatoms. The third-order valence-electron chi connectivity index (χ3n) is 2.16. The molecule has 2 rings (SSSR count). The fourth-order valence-electron chi connectivity index (χ4n) is 1.39. The van der Waals surface area contributed by atoms with Crippen LogP contribution < -0.4 is 4.74 Å². The number of ether oxygens (including phenoxy) is 1. The lowest BCUT2D eigenvalue weighted by Gasteiger charge is -2.09. The van der Waals surface area contributed by atoms with E-state index in [1.807, 2.05) is 24.3 Å². The standard InChI is InChI=1S/C10H12N2O2S/c1-13-9-4-2-8(3-5-9)6-10-7-11-12(15)14-10/h2-5,7,10,15H,6H2,1H3. The third-order valence-corrected chi connectivity index (χ3v) is 2.35. The molecule has 1 aromatic rings. The SMILES string of the molecule is COc1ccc(CC2C=NN(S)O2)cc1. The average Bonchev–Trinajstić information content (AvgIpc) is 2.65. The lowest BCUT2D eigenvalue weighted by atomic mass is 10.1. The minimum atomic E-state index is -0.0316. The molecule has 15 heavy (non-hydrogen) atoms. The summed E-state index contributed by atoms with van der Waals surface area (Å²) in [7, 11) is 1.65. The van der Waals surface area contributed by atoms with Crippen molar-refractivity contribution in [3.8, 4) is 5.75 Å². The van der Waals surface area contributed by atoms with E-state index in [1.165, 1.54) is 10.1 Å². The van der Waals surface area contributed by atoms with E-state index >= 15 is 0 Å². The van der Waals surface area contributed by atoms with Crippen molar-refractivity contribution in [1.82, 2.24) is 4.58 Å². The second-order valence-corrected chi connectivity index (χ2v) is 3.56. The molecule has 0 radical (unpaired) electrons. The number of methoxy groups -OCH3 is 1. The van der Waals surface area contributed by atoms with Crippen molar-refractivity contribution in [2.45, 2.75) is 12.5 Å². The van der Waals surface area contributed by atoms with Crippen LogP contribution in [0.25, 0.3) is 0 Å². The Labute approximate surface area is 94.0 Å². The molecule has 0 saturated heterocycles. The van der Waals surface area contributed by atoms with Crippen molar-refractivity contribution in [2.75, 3.05) is 7.11 Å². The molecule has 80 valence electrons. The fraction of sp³-hybridized carbons (Fsp3) is 0.300. The van der Waals surface area contributed by atoms with E-state index in [9.17, 15) is 0 Å². The van der Waals surface area contributed by atoms with Crippen molar-refractivity contribution in [3.05, 3.63) is 29.8 Å². The van der Waals surface area contributed by atoms with Crippen LogP contribution in [-0.4, -0.2) is 24.0 Å². The maximum absolute atomic E-state index is 5.27. The van der Waals surface area contributed by atoms with Crippen LogP contribution in [0.2, 0.25) is 0 Å². The van der Waals surface area contributed by atoms with Gasteiger partial charge in [-0.2, -0.15) is 5.10 Å². The summed E-state index contributed by atoms with van der Waals surface area (Å²) < 4.78 is 6.25. The van der Waals surface area contributed by atoms with Crippen LogP contribution in [0.4, 0.5) is 0 Å². The van der Waals surface area contributed by atoms with Gasteiger partial charge in [0.05, 0.1) is 13.3 Å². The molecular formula is C10H12N2O2S. The summed E-state index contributed by atoms with van der Waals surface area (Å²) in [6.45, 7) is 0. The van der Waals surface area contributed by atoms with E-state index in [1.54, 1.807) is 13.3 Å². The molecule has 0 amide bonds. The van der Waals surface area contributed by atoms with Crippen LogP contribution in [0.5, 0.6) is 5.75 Å². The monoisotopic (exact) mass is 224 g/mol. The first-order valence-corrected chi connectivity index (χ1v) is 5.01. The molecule has 0 saturated carbocycles. The number of thiol groups is 1. The second-order valence-electron chi connectivity index (χ2n) is 3.21. The summed E-state index contributed by atoms with van der Waals surface area (Å²) in [5.74, 6) is 0.857. The van der Waals surface area contributed by atoms with Crippen molar-refractivity contribution < 1.29 is 9.57 Å². The summed E-state index contributed by atoms with van der Waals surface area (Å²) in [4.78, 5) is 5.27. The van der Waals surface area contributed by atoms with Gasteiger partial charge in [0.15, 0.2) is 0 Å². The summed E-state index contributed by atoms with van der Waals surface area (Å²) in [5, 5.41) is 3.87. The highest BCUT2D eigenvalue weighted by molar-refractivity contribution is 7.77. The van der Waals surface area contributed by atoms with E-state index < -0.39 is 0 Å². The Morgan fingerprint density at radius 3 is 2.73 bits per heavy atom. The molecule has 1 unspecified atom stereocenters. The van der Waals surface area contributed by atoms with Crippen LogP contribution in [0.15, 0.2) is 29.4 Å². The quantitative estimate of drug-likeness (QED) is 0.793. The molecular weight excluding hydrogens is 212 g/mol. The molecule has 1 atom stereocenters. The van der Waals surface area contributed by atoms with Gasteiger partial charge in [-0.15, -0.1) is 4.58 Å². The highest BCUT2D eigenvalue weighted by atomic mass is 32.1. The number of benzene rings is 1. The number of rotatable bonds is 3. The Bertz CT molecular complexity index is 353. The first kappa shape index (κ1) is 10.3. The first-order chi connectivity index (χ1) is 7.28. The molecule has 0 N–H and O–H groups in total. The average molecular weight is 224 g/mol. The van der Waals surface area contributed by atoms with Gasteiger partial charge in [-0.1, -0.05) is 12.1 Å². The summed E-state index contributed by atoms with van der Waals surface area (Å²) in [6, 6.07) is 7.88. The van der Waals surface area contributed by atoms with E-state index in [4.69, 9.17) is 9.57 Å². The van der Waals surface area contributed by atoms with Crippen LogP contribution in [-0.2, 0) is 11.3 Å². The Morgan fingerprint density at radius 2 is 2.20 bits per heavy atom. The minimum absolute atomic E-state index is 0.0316. The van der Waals surface area contributed by atoms with Gasteiger partial charge in [0.1, 0.15) is 11.9 Å². The Kier molecular flexibility index (Phi) is 3.13. The van der Waals surface area contributed by atoms with E-state index in [0.717, 1.165) is 12.2 Å². The van der Waals surface area contributed by atoms with Gasteiger partial charge >= 0.3 is 0 Å². The molecule has 1 aliphatic rings. The molecule has 4 nitrogen and oxygen atoms in total. The molecule has 0 bridgehead atoms. The van der Waals surface area contributed by atoms with E-state index in [0.29, 0.717) is 0 Å². The maximum Gasteiger partial charge on any atom is 0.129 e. The fourth-order valence-corrected chi connectivity index (χ4v) is 1.57. The second kappa shape index (κ2) is 4.55. The molecule has 1 aliphatic heterocycles. The predicted molar refractivity (Wildman–Crippen MR) is 60.9 cm³/mol. The maximum atomic E-state index is 5.27. The summed E-state index contributed by atoms with van der Waals surface area (Å²) in [5.41, 5.74) is 1.18. The Hall–Kier alpha value is -1.20. The minimum Gasteiger partial charge on any atom is -0.497 e. The first-order valence-electron chi connectivity index (χ1n) is 4.61. The van der Waals surface area contributed by atoms with E-state index in [-0.39, 0.29) is 6.10 Å². The Balaban J connectivity index is 1.96. The molecule has 0 aliphatic carbocycles. The largest absolute Gasteiger partial charge is 0.497 e. The lowest BCUT2D eigenvalue weighted by Crippen LogP contribution is -2.15. The highest BCUT2D eigenvalue weighted by Crippen LogP contribution is 2.16. The topological polar surface area (TPSA) is 34.1 Å². The zero-order valence-corrected chi connectivity index (χ0v) is 9.22. The highest BCUT2D eigenvalue weighted by Gasteiger charge is 2.16. The van der Waals surface area contributed by atoms with Gasteiger partial charge in [-0.3, -0.25) is 0 Å². The number of hydrogen-bond donors (Lipinski definition) is 1. The summed E-state index contributed by atoms with van der Waals surface area (Å²) in [6.07, 6.45) is 2.48. The van der Waals surface area contributed by atoms with Crippen molar-refractivity contribution >= 4 is 19.0 Å². The van der Waals surface area contributed by atoms with Crippen LogP contribution in [0.3, 0.4) is 0 Å². The van der Waals surface area contributed by atoms with Gasteiger partial charge in [-0.25, -0.2) is 4.84 Å². The van der Waals surface area contributed by atoms with Crippen molar-refractivity contribution in [1.29, 1.82) is 0 Å². The molecule has 0 fully saturated rings. The van der Waals surface area contributed by atoms with Crippen LogP contribution >= 0.6 is 12.8 Å².